The zero-order valence-corrected chi connectivity index (χ0v) is 15.4. The van der Waals surface area contributed by atoms with Crippen LogP contribution in [0.2, 0.25) is 0 Å². The molecule has 6 nitrogen and oxygen atoms in total. The van der Waals surface area contributed by atoms with Crippen molar-refractivity contribution in [1.29, 1.82) is 0 Å². The molecule has 1 saturated heterocycles. The van der Waals surface area contributed by atoms with Crippen molar-refractivity contribution in [3.63, 3.8) is 0 Å². The first-order chi connectivity index (χ1) is 12.6. The zero-order chi connectivity index (χ0) is 18.1. The van der Waals surface area contributed by atoms with Gasteiger partial charge in [0, 0.05) is 49.6 Å². The molecule has 0 aromatic carbocycles. The molecule has 0 saturated carbocycles. The number of carbonyl (C=O) groups excluding carboxylic acids is 1. The average molecular weight is 351 g/mol. The van der Waals surface area contributed by atoms with Crippen LogP contribution in [0, 0.1) is 13.8 Å². The lowest BCUT2D eigenvalue weighted by Gasteiger charge is -2.32. The molecular weight excluding hydrogens is 326 g/mol. The Kier molecular flexibility index (Phi) is 4.49. The highest BCUT2D eigenvalue weighted by Crippen LogP contribution is 2.26. The molecule has 0 unspecified atom stereocenters. The first kappa shape index (κ1) is 16.8. The maximum Gasteiger partial charge on any atom is 0.224 e. The largest absolute Gasteiger partial charge is 0.349 e. The van der Waals surface area contributed by atoms with E-state index < -0.39 is 0 Å². The van der Waals surface area contributed by atoms with Gasteiger partial charge in [0.2, 0.25) is 5.91 Å². The van der Waals surface area contributed by atoms with Gasteiger partial charge in [-0.1, -0.05) is 6.07 Å². The summed E-state index contributed by atoms with van der Waals surface area (Å²) in [7, 11) is 0. The summed E-state index contributed by atoms with van der Waals surface area (Å²) in [4.78, 5) is 14.8. The van der Waals surface area contributed by atoms with Crippen molar-refractivity contribution < 1.29 is 4.79 Å². The number of fused-ring (bicyclic) bond motifs is 1. The standard InChI is InChI=1S/C20H25N5O/c1-15-8-9-16(2)24(15)13-10-19(26)23-11-5-6-17(14-23)20-22-21-18-7-3-4-12-25(18)20/h3-4,7-9,12,17H,5-6,10-11,13-14H2,1-2H3/t17-/m0/s1. The van der Waals surface area contributed by atoms with E-state index >= 15 is 0 Å². The second-order valence-electron chi connectivity index (χ2n) is 7.18. The lowest BCUT2D eigenvalue weighted by Crippen LogP contribution is -2.40. The Labute approximate surface area is 153 Å². The number of nitrogens with zero attached hydrogens (tertiary/aromatic N) is 5. The molecule has 0 spiro atoms. The maximum atomic E-state index is 12.8. The minimum absolute atomic E-state index is 0.232. The van der Waals surface area contributed by atoms with E-state index in [0.29, 0.717) is 6.42 Å². The highest BCUT2D eigenvalue weighted by atomic mass is 16.2. The van der Waals surface area contributed by atoms with Gasteiger partial charge in [0.15, 0.2) is 5.65 Å². The van der Waals surface area contributed by atoms with Crippen LogP contribution >= 0.6 is 0 Å². The van der Waals surface area contributed by atoms with Crippen LogP contribution in [0.5, 0.6) is 0 Å². The van der Waals surface area contributed by atoms with Crippen LogP contribution < -0.4 is 0 Å². The smallest absolute Gasteiger partial charge is 0.224 e. The van der Waals surface area contributed by atoms with Crippen LogP contribution in [-0.2, 0) is 11.3 Å². The molecular formula is C20H25N5O. The van der Waals surface area contributed by atoms with Gasteiger partial charge in [-0.05, 0) is 51.0 Å². The molecule has 4 rings (SSSR count). The molecule has 6 heteroatoms. The van der Waals surface area contributed by atoms with Gasteiger partial charge < -0.3 is 9.47 Å². The van der Waals surface area contributed by atoms with Crippen molar-refractivity contribution in [2.75, 3.05) is 13.1 Å². The average Bonchev–Trinajstić information content (AvgIpc) is 3.23. The van der Waals surface area contributed by atoms with Crippen LogP contribution in [0.3, 0.4) is 0 Å². The van der Waals surface area contributed by atoms with E-state index in [4.69, 9.17) is 0 Å². The van der Waals surface area contributed by atoms with E-state index in [-0.39, 0.29) is 11.8 Å². The molecule has 1 fully saturated rings. The number of aromatic nitrogens is 4. The predicted molar refractivity (Wildman–Crippen MR) is 100 cm³/mol. The van der Waals surface area contributed by atoms with Gasteiger partial charge in [0.05, 0.1) is 0 Å². The van der Waals surface area contributed by atoms with Crippen LogP contribution in [0.25, 0.3) is 5.65 Å². The number of piperidine rings is 1. The Bertz CT molecular complexity index is 906. The Morgan fingerprint density at radius 1 is 1.15 bits per heavy atom. The predicted octanol–water partition coefficient (Wildman–Crippen LogP) is 2.94. The van der Waals surface area contributed by atoms with Crippen molar-refractivity contribution in [3.05, 3.63) is 53.7 Å². The number of rotatable bonds is 4. The minimum atomic E-state index is 0.232. The normalized spacial score (nSPS) is 17.8. The zero-order valence-electron chi connectivity index (χ0n) is 15.4. The second kappa shape index (κ2) is 6.94. The molecule has 26 heavy (non-hydrogen) atoms. The van der Waals surface area contributed by atoms with Gasteiger partial charge in [-0.3, -0.25) is 9.20 Å². The van der Waals surface area contributed by atoms with Gasteiger partial charge in [-0.15, -0.1) is 10.2 Å². The van der Waals surface area contributed by atoms with E-state index in [1.54, 1.807) is 0 Å². The number of aryl methyl sites for hydroxylation is 2. The van der Waals surface area contributed by atoms with Crippen molar-refractivity contribution in [3.8, 4) is 0 Å². The van der Waals surface area contributed by atoms with Gasteiger partial charge >= 0.3 is 0 Å². The number of amides is 1. The topological polar surface area (TPSA) is 55.4 Å². The molecule has 0 radical (unpaired) electrons. The number of hydrogen-bond acceptors (Lipinski definition) is 3. The SMILES string of the molecule is Cc1ccc(C)n1CCC(=O)N1CCC[C@H](c2nnc3ccccn23)C1. The molecule has 4 heterocycles. The summed E-state index contributed by atoms with van der Waals surface area (Å²) in [5.74, 6) is 1.45. The van der Waals surface area contributed by atoms with Crippen LogP contribution in [0.4, 0.5) is 0 Å². The number of hydrogen-bond donors (Lipinski definition) is 0. The van der Waals surface area contributed by atoms with E-state index in [0.717, 1.165) is 43.9 Å². The molecule has 1 atom stereocenters. The van der Waals surface area contributed by atoms with Crippen molar-refractivity contribution in [1.82, 2.24) is 24.1 Å². The molecule has 1 aliphatic rings. The summed E-state index contributed by atoms with van der Waals surface area (Å²) < 4.78 is 4.26. The fourth-order valence-electron chi connectivity index (χ4n) is 3.97. The molecule has 3 aromatic heterocycles. The number of carbonyl (C=O) groups is 1. The van der Waals surface area contributed by atoms with Crippen molar-refractivity contribution in [2.24, 2.45) is 0 Å². The monoisotopic (exact) mass is 351 g/mol. The molecule has 1 amide bonds. The first-order valence-electron chi connectivity index (χ1n) is 9.33. The molecule has 0 N–H and O–H groups in total. The third-order valence-electron chi connectivity index (χ3n) is 5.45. The van der Waals surface area contributed by atoms with E-state index in [1.165, 1.54) is 11.4 Å². The molecule has 3 aromatic rings. The van der Waals surface area contributed by atoms with E-state index in [1.807, 2.05) is 33.7 Å². The van der Waals surface area contributed by atoms with Gasteiger partial charge in [-0.2, -0.15) is 0 Å². The summed E-state index contributed by atoms with van der Waals surface area (Å²) in [6.07, 6.45) is 4.61. The second-order valence-corrected chi connectivity index (χ2v) is 7.18. The summed E-state index contributed by atoms with van der Waals surface area (Å²) in [6.45, 7) is 6.50. The van der Waals surface area contributed by atoms with Crippen LogP contribution in [0.15, 0.2) is 36.5 Å². The fourth-order valence-corrected chi connectivity index (χ4v) is 3.97. The summed E-state index contributed by atoms with van der Waals surface area (Å²) >= 11 is 0. The number of likely N-dealkylation sites (tertiary alicyclic amines) is 1. The molecule has 136 valence electrons. The molecule has 1 aliphatic heterocycles. The van der Waals surface area contributed by atoms with Gasteiger partial charge in [-0.25, -0.2) is 0 Å². The Hall–Kier alpha value is -2.63. The third kappa shape index (κ3) is 3.11. The molecule has 0 aliphatic carbocycles. The quantitative estimate of drug-likeness (QED) is 0.726. The Balaban J connectivity index is 1.44. The summed E-state index contributed by atoms with van der Waals surface area (Å²) in [6, 6.07) is 10.1. The summed E-state index contributed by atoms with van der Waals surface area (Å²) in [5, 5.41) is 8.65. The molecule has 0 bridgehead atoms. The van der Waals surface area contributed by atoms with Crippen molar-refractivity contribution in [2.45, 2.75) is 45.6 Å². The van der Waals surface area contributed by atoms with Gasteiger partial charge in [0.25, 0.3) is 0 Å². The lowest BCUT2D eigenvalue weighted by molar-refractivity contribution is -0.132. The van der Waals surface area contributed by atoms with Gasteiger partial charge in [0.1, 0.15) is 5.82 Å². The van der Waals surface area contributed by atoms with Crippen LogP contribution in [-0.4, -0.2) is 43.1 Å². The fraction of sp³-hybridized carbons (Fsp3) is 0.450. The van der Waals surface area contributed by atoms with Crippen LogP contribution in [0.1, 0.15) is 42.4 Å². The summed E-state index contributed by atoms with van der Waals surface area (Å²) in [5.41, 5.74) is 3.29. The lowest BCUT2D eigenvalue weighted by atomic mass is 9.97. The minimum Gasteiger partial charge on any atom is -0.349 e. The number of pyridine rings is 1. The Morgan fingerprint density at radius 3 is 2.77 bits per heavy atom. The first-order valence-corrected chi connectivity index (χ1v) is 9.33. The highest BCUT2D eigenvalue weighted by Gasteiger charge is 2.27. The van der Waals surface area contributed by atoms with Crippen molar-refractivity contribution >= 4 is 11.6 Å². The van der Waals surface area contributed by atoms with E-state index in [2.05, 4.69) is 40.7 Å². The van der Waals surface area contributed by atoms with E-state index in [9.17, 15) is 4.79 Å². The maximum absolute atomic E-state index is 12.8. The highest BCUT2D eigenvalue weighted by molar-refractivity contribution is 5.76. The third-order valence-corrected chi connectivity index (χ3v) is 5.45. The Morgan fingerprint density at radius 2 is 1.96 bits per heavy atom.